The van der Waals surface area contributed by atoms with E-state index in [2.05, 4.69) is 5.32 Å². The van der Waals surface area contributed by atoms with Crippen LogP contribution in [-0.2, 0) is 0 Å². The van der Waals surface area contributed by atoms with E-state index in [1.807, 2.05) is 0 Å². The number of nitrogens with one attached hydrogen (secondary N) is 1. The minimum absolute atomic E-state index is 0.0360. The van der Waals surface area contributed by atoms with Gasteiger partial charge in [-0.15, -0.1) is 0 Å². The highest BCUT2D eigenvalue weighted by atomic mass is 32.1. The molecule has 0 bridgehead atoms. The predicted molar refractivity (Wildman–Crippen MR) is 64.6 cm³/mol. The van der Waals surface area contributed by atoms with Crippen LogP contribution in [-0.4, -0.2) is 16.9 Å². The average Bonchev–Trinajstić information content (AvgIpc) is 2.32. The first-order valence-corrected chi connectivity index (χ1v) is 5.53. The van der Waals surface area contributed by atoms with Crippen LogP contribution in [0.3, 0.4) is 0 Å². The van der Waals surface area contributed by atoms with Crippen molar-refractivity contribution in [1.29, 1.82) is 0 Å². The van der Waals surface area contributed by atoms with Crippen molar-refractivity contribution in [3.8, 4) is 0 Å². The standard InChI is InChI=1S/C11H11F3N2OS/c1-2-7(10(15)18)16-11(17)5-3-4-6(12)9(14)8(5)13/h3-4,7H,2H2,1H3,(H2,15,18)(H,16,17). The van der Waals surface area contributed by atoms with Gasteiger partial charge in [0.2, 0.25) is 0 Å². The zero-order valence-corrected chi connectivity index (χ0v) is 10.3. The van der Waals surface area contributed by atoms with E-state index in [-0.39, 0.29) is 4.99 Å². The van der Waals surface area contributed by atoms with Crippen LogP contribution in [0.15, 0.2) is 12.1 Å². The van der Waals surface area contributed by atoms with Gasteiger partial charge in [-0.05, 0) is 18.6 Å². The third-order valence-corrected chi connectivity index (χ3v) is 2.62. The number of benzene rings is 1. The highest BCUT2D eigenvalue weighted by Gasteiger charge is 2.21. The summed E-state index contributed by atoms with van der Waals surface area (Å²) >= 11 is 4.70. The van der Waals surface area contributed by atoms with E-state index in [1.54, 1.807) is 6.92 Å². The molecule has 1 atom stereocenters. The lowest BCUT2D eigenvalue weighted by atomic mass is 10.1. The summed E-state index contributed by atoms with van der Waals surface area (Å²) in [7, 11) is 0. The molecule has 3 N–H and O–H groups in total. The number of halogens is 3. The van der Waals surface area contributed by atoms with Crippen LogP contribution in [0, 0.1) is 17.5 Å². The topological polar surface area (TPSA) is 55.1 Å². The summed E-state index contributed by atoms with van der Waals surface area (Å²) in [5.74, 6) is -5.48. The van der Waals surface area contributed by atoms with Gasteiger partial charge in [0.1, 0.15) is 0 Å². The second kappa shape index (κ2) is 5.81. The second-order valence-electron chi connectivity index (χ2n) is 3.56. The van der Waals surface area contributed by atoms with Gasteiger partial charge in [0.25, 0.3) is 5.91 Å². The largest absolute Gasteiger partial charge is 0.392 e. The van der Waals surface area contributed by atoms with Crippen LogP contribution in [0.25, 0.3) is 0 Å². The number of carbonyl (C=O) groups excluding carboxylic acids is 1. The molecule has 1 amide bonds. The Morgan fingerprint density at radius 1 is 1.39 bits per heavy atom. The predicted octanol–water partition coefficient (Wildman–Crippen LogP) is 1.90. The van der Waals surface area contributed by atoms with Gasteiger partial charge in [0, 0.05) is 0 Å². The summed E-state index contributed by atoms with van der Waals surface area (Å²) in [6, 6.07) is 0.907. The maximum Gasteiger partial charge on any atom is 0.254 e. The van der Waals surface area contributed by atoms with Gasteiger partial charge < -0.3 is 11.1 Å². The molecule has 1 unspecified atom stereocenters. The Morgan fingerprint density at radius 2 is 2.00 bits per heavy atom. The molecule has 0 fully saturated rings. The summed E-state index contributed by atoms with van der Waals surface area (Å²) in [5.41, 5.74) is 4.76. The third kappa shape index (κ3) is 2.98. The number of thiocarbonyl (C=S) groups is 1. The molecule has 0 saturated heterocycles. The van der Waals surface area contributed by atoms with E-state index < -0.39 is 35.0 Å². The van der Waals surface area contributed by atoms with E-state index in [0.29, 0.717) is 12.5 Å². The maximum absolute atomic E-state index is 13.3. The van der Waals surface area contributed by atoms with Crippen LogP contribution in [0.2, 0.25) is 0 Å². The number of hydrogen-bond donors (Lipinski definition) is 2. The maximum atomic E-state index is 13.3. The Balaban J connectivity index is 2.98. The third-order valence-electron chi connectivity index (χ3n) is 2.34. The molecule has 18 heavy (non-hydrogen) atoms. The highest BCUT2D eigenvalue weighted by Crippen LogP contribution is 2.15. The van der Waals surface area contributed by atoms with Crippen LogP contribution >= 0.6 is 12.2 Å². The first-order valence-electron chi connectivity index (χ1n) is 5.12. The van der Waals surface area contributed by atoms with Crippen molar-refractivity contribution in [3.63, 3.8) is 0 Å². The number of rotatable bonds is 4. The molecule has 1 aromatic carbocycles. The van der Waals surface area contributed by atoms with Crippen molar-refractivity contribution in [1.82, 2.24) is 5.32 Å². The van der Waals surface area contributed by atoms with E-state index in [4.69, 9.17) is 18.0 Å². The molecule has 7 heteroatoms. The molecule has 0 saturated carbocycles. The molecule has 0 aliphatic carbocycles. The molecule has 0 aliphatic rings. The lowest BCUT2D eigenvalue weighted by Gasteiger charge is -2.15. The van der Waals surface area contributed by atoms with E-state index in [9.17, 15) is 18.0 Å². The smallest absolute Gasteiger partial charge is 0.254 e. The fourth-order valence-corrected chi connectivity index (χ4v) is 1.54. The highest BCUT2D eigenvalue weighted by molar-refractivity contribution is 7.80. The van der Waals surface area contributed by atoms with E-state index in [0.717, 1.165) is 6.07 Å². The number of amides is 1. The second-order valence-corrected chi connectivity index (χ2v) is 4.03. The molecule has 0 spiro atoms. The fraction of sp³-hybridized carbons (Fsp3) is 0.273. The first kappa shape index (κ1) is 14.4. The van der Waals surface area contributed by atoms with Crippen molar-refractivity contribution >= 4 is 23.1 Å². The number of carbonyl (C=O) groups is 1. The number of nitrogens with two attached hydrogens (primary N) is 1. The van der Waals surface area contributed by atoms with E-state index in [1.165, 1.54) is 0 Å². The molecule has 3 nitrogen and oxygen atoms in total. The monoisotopic (exact) mass is 276 g/mol. The van der Waals surface area contributed by atoms with Crippen molar-refractivity contribution < 1.29 is 18.0 Å². The Morgan fingerprint density at radius 3 is 2.50 bits per heavy atom. The van der Waals surface area contributed by atoms with Crippen molar-refractivity contribution in [2.24, 2.45) is 5.73 Å². The normalized spacial score (nSPS) is 12.0. The van der Waals surface area contributed by atoms with Crippen LogP contribution in [0.5, 0.6) is 0 Å². The molecule has 0 aliphatic heterocycles. The van der Waals surface area contributed by atoms with Gasteiger partial charge in [0.15, 0.2) is 17.5 Å². The number of hydrogen-bond acceptors (Lipinski definition) is 2. The molecule has 1 aromatic rings. The Kier molecular flexibility index (Phi) is 4.66. The molecule has 0 aromatic heterocycles. The quantitative estimate of drug-likeness (QED) is 0.652. The molecule has 0 radical (unpaired) electrons. The molecule has 1 rings (SSSR count). The molecule has 98 valence electrons. The molecular weight excluding hydrogens is 265 g/mol. The van der Waals surface area contributed by atoms with E-state index >= 15 is 0 Å². The van der Waals surface area contributed by atoms with Gasteiger partial charge >= 0.3 is 0 Å². The Labute approximate surface area is 107 Å². The minimum Gasteiger partial charge on any atom is -0.392 e. The average molecular weight is 276 g/mol. The molecular formula is C11H11F3N2OS. The fourth-order valence-electron chi connectivity index (χ4n) is 1.31. The van der Waals surface area contributed by atoms with Crippen LogP contribution in [0.4, 0.5) is 13.2 Å². The van der Waals surface area contributed by atoms with Gasteiger partial charge in [0.05, 0.1) is 16.6 Å². The molecule has 0 heterocycles. The summed E-state index contributed by atoms with van der Waals surface area (Å²) in [5, 5.41) is 2.34. The SMILES string of the molecule is CCC(NC(=O)c1ccc(F)c(F)c1F)C(N)=S. The van der Waals surface area contributed by atoms with Crippen molar-refractivity contribution in [2.45, 2.75) is 19.4 Å². The van der Waals surface area contributed by atoms with Crippen molar-refractivity contribution in [2.75, 3.05) is 0 Å². The van der Waals surface area contributed by atoms with Gasteiger partial charge in [-0.25, -0.2) is 13.2 Å². The van der Waals surface area contributed by atoms with Gasteiger partial charge in [-0.3, -0.25) is 4.79 Å². The summed E-state index contributed by atoms with van der Waals surface area (Å²) in [6.07, 6.45) is 0.409. The zero-order chi connectivity index (χ0) is 13.9. The zero-order valence-electron chi connectivity index (χ0n) is 9.47. The minimum atomic E-state index is -1.69. The first-order chi connectivity index (χ1) is 8.38. The van der Waals surface area contributed by atoms with Crippen molar-refractivity contribution in [3.05, 3.63) is 35.1 Å². The summed E-state index contributed by atoms with van der Waals surface area (Å²) in [6.45, 7) is 1.71. The van der Waals surface area contributed by atoms with Crippen LogP contribution < -0.4 is 11.1 Å². The lowest BCUT2D eigenvalue weighted by Crippen LogP contribution is -2.43. The van der Waals surface area contributed by atoms with Gasteiger partial charge in [-0.1, -0.05) is 19.1 Å². The lowest BCUT2D eigenvalue weighted by molar-refractivity contribution is 0.0941. The van der Waals surface area contributed by atoms with Gasteiger partial charge in [-0.2, -0.15) is 0 Å². The van der Waals surface area contributed by atoms with Crippen LogP contribution in [0.1, 0.15) is 23.7 Å². The summed E-state index contributed by atoms with van der Waals surface area (Å²) in [4.78, 5) is 11.7. The summed E-state index contributed by atoms with van der Waals surface area (Å²) < 4.78 is 39.0. The Bertz CT molecular complexity index is 493. The Hall–Kier alpha value is -1.63.